The van der Waals surface area contributed by atoms with Crippen molar-refractivity contribution < 1.29 is 27.9 Å². The fourth-order valence-electron chi connectivity index (χ4n) is 1.34. The number of nitrogens with one attached hydrogen (secondary N) is 1. The number of sulfonamides is 1. The third-order valence-electron chi connectivity index (χ3n) is 2.09. The lowest BCUT2D eigenvalue weighted by molar-refractivity contribution is -0.139. The molecule has 110 valence electrons. The Morgan fingerprint density at radius 2 is 2.05 bits per heavy atom. The number of esters is 1. The van der Waals surface area contributed by atoms with Crippen LogP contribution in [0.4, 0.5) is 5.69 Å². The van der Waals surface area contributed by atoms with Crippen molar-refractivity contribution in [1.82, 2.24) is 0 Å². The summed E-state index contributed by atoms with van der Waals surface area (Å²) in [4.78, 5) is 22.2. The highest BCUT2D eigenvalue weighted by atomic mass is 79.9. The zero-order valence-corrected chi connectivity index (χ0v) is 12.8. The molecule has 0 spiro atoms. The number of hydrogen-bond donors (Lipinski definition) is 2. The lowest BCUT2D eigenvalue weighted by atomic mass is 10.2. The summed E-state index contributed by atoms with van der Waals surface area (Å²) < 4.78 is 30.5. The highest BCUT2D eigenvalue weighted by Crippen LogP contribution is 2.22. The van der Waals surface area contributed by atoms with Crippen LogP contribution in [0.1, 0.15) is 17.3 Å². The number of ether oxygens (including phenoxy) is 1. The maximum Gasteiger partial charge on any atom is 0.337 e. The first-order valence-corrected chi connectivity index (χ1v) is 7.88. The van der Waals surface area contributed by atoms with Crippen LogP contribution in [0.2, 0.25) is 0 Å². The molecule has 1 aromatic carbocycles. The van der Waals surface area contributed by atoms with Crippen molar-refractivity contribution in [1.29, 1.82) is 0 Å². The predicted octanol–water partition coefficient (Wildman–Crippen LogP) is 1.45. The van der Waals surface area contributed by atoms with Crippen LogP contribution >= 0.6 is 15.9 Å². The molecule has 0 aliphatic heterocycles. The molecular formula is C11H12BrNO6S. The molecule has 0 unspecified atom stereocenters. The number of carboxylic acid groups (broad SMARTS) is 1. The molecule has 0 aliphatic carbocycles. The molecule has 0 fully saturated rings. The quantitative estimate of drug-likeness (QED) is 0.738. The smallest absolute Gasteiger partial charge is 0.337 e. The molecule has 9 heteroatoms. The van der Waals surface area contributed by atoms with Crippen LogP contribution in [-0.4, -0.2) is 37.8 Å². The van der Waals surface area contributed by atoms with Crippen molar-refractivity contribution in [2.45, 2.75) is 6.92 Å². The fraction of sp³-hybridized carbons (Fsp3) is 0.273. The van der Waals surface area contributed by atoms with E-state index in [9.17, 15) is 18.0 Å². The molecule has 0 heterocycles. The maximum atomic E-state index is 11.7. The van der Waals surface area contributed by atoms with E-state index in [2.05, 4.69) is 25.4 Å². The van der Waals surface area contributed by atoms with Crippen LogP contribution in [0.25, 0.3) is 0 Å². The van der Waals surface area contributed by atoms with E-state index >= 15 is 0 Å². The van der Waals surface area contributed by atoms with E-state index in [1.165, 1.54) is 18.2 Å². The summed E-state index contributed by atoms with van der Waals surface area (Å²) in [6, 6.07) is 4.02. The van der Waals surface area contributed by atoms with Crippen molar-refractivity contribution in [3.05, 3.63) is 28.2 Å². The van der Waals surface area contributed by atoms with Gasteiger partial charge >= 0.3 is 11.9 Å². The molecule has 0 saturated carbocycles. The average Bonchev–Trinajstić information content (AvgIpc) is 2.30. The number of aromatic carboxylic acids is 1. The van der Waals surface area contributed by atoms with Crippen molar-refractivity contribution >= 4 is 43.6 Å². The Balaban J connectivity index is 2.98. The summed E-state index contributed by atoms with van der Waals surface area (Å²) in [6.07, 6.45) is 0. The first-order chi connectivity index (χ1) is 9.25. The second kappa shape index (κ2) is 6.71. The summed E-state index contributed by atoms with van der Waals surface area (Å²) >= 11 is 3.09. The van der Waals surface area contributed by atoms with E-state index in [4.69, 9.17) is 5.11 Å². The van der Waals surface area contributed by atoms with Crippen LogP contribution < -0.4 is 4.72 Å². The zero-order valence-electron chi connectivity index (χ0n) is 10.4. The SMILES string of the molecule is CCOC(=O)CS(=O)(=O)Nc1ccc(Br)cc1C(=O)O. The van der Waals surface area contributed by atoms with E-state index < -0.39 is 27.7 Å². The maximum absolute atomic E-state index is 11.7. The van der Waals surface area contributed by atoms with Crippen molar-refractivity contribution in [3.63, 3.8) is 0 Å². The second-order valence-corrected chi connectivity index (χ2v) is 6.30. The van der Waals surface area contributed by atoms with Crippen LogP contribution in [0, 0.1) is 0 Å². The first kappa shape index (κ1) is 16.4. The minimum atomic E-state index is -4.03. The van der Waals surface area contributed by atoms with Crippen molar-refractivity contribution in [2.24, 2.45) is 0 Å². The van der Waals surface area contributed by atoms with Gasteiger partial charge in [0.05, 0.1) is 17.9 Å². The molecule has 0 aliphatic rings. The Bertz CT molecular complexity index is 628. The van der Waals surface area contributed by atoms with Gasteiger partial charge in [0.25, 0.3) is 0 Å². The van der Waals surface area contributed by atoms with E-state index in [0.29, 0.717) is 4.47 Å². The van der Waals surface area contributed by atoms with Gasteiger partial charge in [-0.05, 0) is 25.1 Å². The molecule has 0 radical (unpaired) electrons. The highest BCUT2D eigenvalue weighted by Gasteiger charge is 2.20. The molecule has 0 saturated heterocycles. The summed E-state index contributed by atoms with van der Waals surface area (Å²) in [5, 5.41) is 9.01. The van der Waals surface area contributed by atoms with Gasteiger partial charge in [-0.3, -0.25) is 9.52 Å². The molecule has 0 bridgehead atoms. The molecule has 0 atom stereocenters. The van der Waals surface area contributed by atoms with Crippen LogP contribution in [0.15, 0.2) is 22.7 Å². The number of carboxylic acids is 1. The van der Waals surface area contributed by atoms with Gasteiger partial charge in [0.1, 0.15) is 0 Å². The van der Waals surface area contributed by atoms with Gasteiger partial charge in [-0.2, -0.15) is 0 Å². The summed E-state index contributed by atoms with van der Waals surface area (Å²) in [6.45, 7) is 1.61. The standard InChI is InChI=1S/C11H12BrNO6S/c1-2-19-10(14)6-20(17,18)13-9-4-3-7(12)5-8(9)11(15)16/h3-5,13H,2,6H2,1H3,(H,15,16). The topological polar surface area (TPSA) is 110 Å². The number of benzene rings is 1. The molecule has 1 aromatic rings. The van der Waals surface area contributed by atoms with E-state index in [1.807, 2.05) is 0 Å². The van der Waals surface area contributed by atoms with Gasteiger partial charge in [-0.25, -0.2) is 13.2 Å². The summed E-state index contributed by atoms with van der Waals surface area (Å²) in [7, 11) is -4.03. The van der Waals surface area contributed by atoms with E-state index in [-0.39, 0.29) is 17.9 Å². The van der Waals surface area contributed by atoms with Gasteiger partial charge in [-0.1, -0.05) is 15.9 Å². The van der Waals surface area contributed by atoms with Crippen molar-refractivity contribution in [2.75, 3.05) is 17.1 Å². The van der Waals surface area contributed by atoms with Crippen molar-refractivity contribution in [3.8, 4) is 0 Å². The van der Waals surface area contributed by atoms with Crippen LogP contribution in [0.3, 0.4) is 0 Å². The minimum absolute atomic E-state index is 0.0625. The molecule has 0 aromatic heterocycles. The van der Waals surface area contributed by atoms with Gasteiger partial charge in [0.2, 0.25) is 10.0 Å². The zero-order chi connectivity index (χ0) is 15.3. The predicted molar refractivity (Wildman–Crippen MR) is 75.1 cm³/mol. The molecular weight excluding hydrogens is 354 g/mol. The monoisotopic (exact) mass is 365 g/mol. The summed E-state index contributed by atoms with van der Waals surface area (Å²) in [5.41, 5.74) is -0.350. The number of anilines is 1. The molecule has 2 N–H and O–H groups in total. The van der Waals surface area contributed by atoms with Gasteiger partial charge in [0, 0.05) is 4.47 Å². The third kappa shape index (κ3) is 4.82. The fourth-order valence-corrected chi connectivity index (χ4v) is 2.68. The molecule has 1 rings (SSSR count). The highest BCUT2D eigenvalue weighted by molar-refractivity contribution is 9.10. The second-order valence-electron chi connectivity index (χ2n) is 3.66. The normalized spacial score (nSPS) is 10.9. The lowest BCUT2D eigenvalue weighted by Gasteiger charge is -2.10. The number of halogens is 1. The van der Waals surface area contributed by atoms with E-state index in [1.54, 1.807) is 6.92 Å². The third-order valence-corrected chi connectivity index (χ3v) is 3.73. The lowest BCUT2D eigenvalue weighted by Crippen LogP contribution is -2.25. The number of hydrogen-bond acceptors (Lipinski definition) is 5. The number of carbonyl (C=O) groups is 2. The van der Waals surface area contributed by atoms with Gasteiger partial charge in [0.15, 0.2) is 5.75 Å². The number of carbonyl (C=O) groups excluding carboxylic acids is 1. The Morgan fingerprint density at radius 3 is 2.60 bits per heavy atom. The molecule has 20 heavy (non-hydrogen) atoms. The van der Waals surface area contributed by atoms with E-state index in [0.717, 1.165) is 0 Å². The number of rotatable bonds is 6. The minimum Gasteiger partial charge on any atom is -0.478 e. The molecule has 7 nitrogen and oxygen atoms in total. The average molecular weight is 366 g/mol. The Hall–Kier alpha value is -1.61. The van der Waals surface area contributed by atoms with Gasteiger partial charge < -0.3 is 9.84 Å². The Kier molecular flexibility index (Phi) is 5.52. The largest absolute Gasteiger partial charge is 0.478 e. The Labute approximate surface area is 124 Å². The molecule has 0 amide bonds. The summed E-state index contributed by atoms with van der Waals surface area (Å²) in [5.74, 6) is -3.08. The van der Waals surface area contributed by atoms with Gasteiger partial charge in [-0.15, -0.1) is 0 Å². The Morgan fingerprint density at radius 1 is 1.40 bits per heavy atom. The van der Waals surface area contributed by atoms with Crippen LogP contribution in [0.5, 0.6) is 0 Å². The first-order valence-electron chi connectivity index (χ1n) is 5.44. The van der Waals surface area contributed by atoms with Crippen LogP contribution in [-0.2, 0) is 19.6 Å².